The summed E-state index contributed by atoms with van der Waals surface area (Å²) in [5.41, 5.74) is 0.233. The van der Waals surface area contributed by atoms with E-state index in [4.69, 9.17) is 9.47 Å². The first kappa shape index (κ1) is 17.5. The highest BCUT2D eigenvalue weighted by Crippen LogP contribution is 2.34. The number of hydrogen-bond donors (Lipinski definition) is 0. The number of hydrogen-bond acceptors (Lipinski definition) is 5. The Morgan fingerprint density at radius 1 is 1.17 bits per heavy atom. The summed E-state index contributed by atoms with van der Waals surface area (Å²) >= 11 is 0. The lowest BCUT2D eigenvalue weighted by molar-refractivity contribution is -0.386. The van der Waals surface area contributed by atoms with Crippen LogP contribution in [-0.4, -0.2) is 18.0 Å². The van der Waals surface area contributed by atoms with Crippen molar-refractivity contribution in [1.29, 1.82) is 0 Å². The van der Waals surface area contributed by atoms with Crippen LogP contribution in [-0.2, 0) is 21.6 Å². The van der Waals surface area contributed by atoms with Crippen molar-refractivity contribution in [2.75, 3.05) is 7.11 Å². The van der Waals surface area contributed by atoms with Crippen molar-refractivity contribution in [2.45, 2.75) is 25.9 Å². The fourth-order valence-corrected chi connectivity index (χ4v) is 2.28. The predicted octanol–water partition coefficient (Wildman–Crippen LogP) is 3.62. The second kappa shape index (κ2) is 7.12. The van der Waals surface area contributed by atoms with Gasteiger partial charge in [-0.05, 0) is 31.0 Å². The van der Waals surface area contributed by atoms with E-state index in [1.807, 2.05) is 30.3 Å². The quantitative estimate of drug-likeness (QED) is 0.459. The first-order valence-electron chi connectivity index (χ1n) is 7.40. The topological polar surface area (TPSA) is 78.7 Å². The normalized spacial score (nSPS) is 11.0. The maximum Gasteiger partial charge on any atom is 0.315 e. The highest BCUT2D eigenvalue weighted by Gasteiger charge is 2.33. The van der Waals surface area contributed by atoms with Gasteiger partial charge in [-0.2, -0.15) is 0 Å². The van der Waals surface area contributed by atoms with Gasteiger partial charge in [0.1, 0.15) is 6.61 Å². The van der Waals surface area contributed by atoms with E-state index in [0.717, 1.165) is 5.56 Å². The summed E-state index contributed by atoms with van der Waals surface area (Å²) in [6.45, 7) is 3.53. The molecule has 0 aliphatic carbocycles. The Morgan fingerprint density at radius 2 is 1.83 bits per heavy atom. The van der Waals surface area contributed by atoms with Gasteiger partial charge in [-0.15, -0.1) is 0 Å². The standard InChI is InChI=1S/C18H19NO5/c1-18(2,17(20)23-3)14-9-10-16(15(11-14)19(21)22)24-12-13-7-5-4-6-8-13/h4-11H,12H2,1-3H3. The van der Waals surface area contributed by atoms with E-state index < -0.39 is 16.3 Å². The molecular weight excluding hydrogens is 310 g/mol. The number of nitrogens with zero attached hydrogens (tertiary/aromatic N) is 1. The summed E-state index contributed by atoms with van der Waals surface area (Å²) in [5, 5.41) is 11.4. The molecule has 0 aliphatic heterocycles. The van der Waals surface area contributed by atoms with Crippen LogP contribution in [0, 0.1) is 10.1 Å². The van der Waals surface area contributed by atoms with Gasteiger partial charge in [0.15, 0.2) is 5.75 Å². The van der Waals surface area contributed by atoms with Gasteiger partial charge in [-0.1, -0.05) is 36.4 Å². The fourth-order valence-electron chi connectivity index (χ4n) is 2.28. The highest BCUT2D eigenvalue weighted by atomic mass is 16.6. The van der Waals surface area contributed by atoms with Crippen molar-refractivity contribution < 1.29 is 19.2 Å². The summed E-state index contributed by atoms with van der Waals surface area (Å²) in [5.74, 6) is -0.303. The molecule has 0 saturated carbocycles. The predicted molar refractivity (Wildman–Crippen MR) is 88.9 cm³/mol. The largest absolute Gasteiger partial charge is 0.482 e. The molecule has 0 radical (unpaired) electrons. The molecule has 2 rings (SSSR count). The Morgan fingerprint density at radius 3 is 2.42 bits per heavy atom. The zero-order chi connectivity index (χ0) is 17.7. The first-order valence-corrected chi connectivity index (χ1v) is 7.40. The Kier molecular flexibility index (Phi) is 5.18. The molecule has 0 atom stereocenters. The number of benzene rings is 2. The molecule has 0 heterocycles. The van der Waals surface area contributed by atoms with E-state index >= 15 is 0 Å². The average molecular weight is 329 g/mol. The summed E-state index contributed by atoms with van der Waals surface area (Å²) < 4.78 is 10.3. The molecule has 0 aromatic heterocycles. The van der Waals surface area contributed by atoms with Crippen molar-refractivity contribution in [2.24, 2.45) is 0 Å². The van der Waals surface area contributed by atoms with Gasteiger partial charge in [0, 0.05) is 6.07 Å². The maximum atomic E-state index is 11.9. The number of ether oxygens (including phenoxy) is 2. The van der Waals surface area contributed by atoms with E-state index in [-0.39, 0.29) is 18.0 Å². The van der Waals surface area contributed by atoms with Gasteiger partial charge in [0.25, 0.3) is 0 Å². The van der Waals surface area contributed by atoms with Crippen LogP contribution in [0.25, 0.3) is 0 Å². The third-order valence-corrected chi connectivity index (χ3v) is 3.81. The molecule has 2 aromatic rings. The van der Waals surface area contributed by atoms with Crippen LogP contribution < -0.4 is 4.74 Å². The molecule has 0 saturated heterocycles. The number of carbonyl (C=O) groups excluding carboxylic acids is 1. The molecule has 0 unspecified atom stereocenters. The lowest BCUT2D eigenvalue weighted by Crippen LogP contribution is -2.30. The van der Waals surface area contributed by atoms with Crippen molar-refractivity contribution >= 4 is 11.7 Å². The van der Waals surface area contributed by atoms with Crippen molar-refractivity contribution in [1.82, 2.24) is 0 Å². The van der Waals surface area contributed by atoms with Crippen LogP contribution in [0.5, 0.6) is 5.75 Å². The third kappa shape index (κ3) is 3.71. The van der Waals surface area contributed by atoms with Crippen LogP contribution in [0.3, 0.4) is 0 Å². The van der Waals surface area contributed by atoms with Gasteiger partial charge in [-0.3, -0.25) is 14.9 Å². The Labute approximate surface area is 140 Å². The lowest BCUT2D eigenvalue weighted by Gasteiger charge is -2.22. The summed E-state index contributed by atoms with van der Waals surface area (Å²) in [7, 11) is 1.29. The van der Waals surface area contributed by atoms with Gasteiger partial charge in [0.2, 0.25) is 0 Å². The van der Waals surface area contributed by atoms with Crippen LogP contribution >= 0.6 is 0 Å². The zero-order valence-corrected chi connectivity index (χ0v) is 13.8. The summed E-state index contributed by atoms with van der Waals surface area (Å²) in [6, 6.07) is 13.9. The minimum Gasteiger partial charge on any atom is -0.482 e. The summed E-state index contributed by atoms with van der Waals surface area (Å²) in [4.78, 5) is 22.7. The van der Waals surface area contributed by atoms with Crippen LogP contribution in [0.1, 0.15) is 25.0 Å². The van der Waals surface area contributed by atoms with Crippen LogP contribution in [0.2, 0.25) is 0 Å². The number of rotatable bonds is 6. The van der Waals surface area contributed by atoms with Gasteiger partial charge >= 0.3 is 11.7 Å². The SMILES string of the molecule is COC(=O)C(C)(C)c1ccc(OCc2ccccc2)c([N+](=O)[O-])c1. The average Bonchev–Trinajstić information content (AvgIpc) is 2.59. The minimum atomic E-state index is -0.989. The first-order chi connectivity index (χ1) is 11.4. The van der Waals surface area contributed by atoms with E-state index in [1.165, 1.54) is 19.2 Å². The van der Waals surface area contributed by atoms with E-state index in [0.29, 0.717) is 5.56 Å². The summed E-state index contributed by atoms with van der Waals surface area (Å²) in [6.07, 6.45) is 0. The van der Waals surface area contributed by atoms with Gasteiger partial charge in [0.05, 0.1) is 17.4 Å². The molecule has 0 amide bonds. The molecule has 2 aromatic carbocycles. The number of esters is 1. The van der Waals surface area contributed by atoms with Crippen molar-refractivity contribution in [3.05, 3.63) is 69.8 Å². The van der Waals surface area contributed by atoms with E-state index in [1.54, 1.807) is 19.9 Å². The molecule has 0 spiro atoms. The Bertz CT molecular complexity index is 740. The molecule has 0 N–H and O–H groups in total. The number of nitro groups is 1. The molecule has 6 nitrogen and oxygen atoms in total. The molecule has 0 bridgehead atoms. The van der Waals surface area contributed by atoms with E-state index in [9.17, 15) is 14.9 Å². The second-order valence-electron chi connectivity index (χ2n) is 5.83. The van der Waals surface area contributed by atoms with Crippen LogP contribution in [0.15, 0.2) is 48.5 Å². The van der Waals surface area contributed by atoms with E-state index in [2.05, 4.69) is 0 Å². The van der Waals surface area contributed by atoms with Gasteiger partial charge < -0.3 is 9.47 Å². The molecule has 0 fully saturated rings. The Hall–Kier alpha value is -2.89. The lowest BCUT2D eigenvalue weighted by atomic mass is 9.84. The van der Waals surface area contributed by atoms with Gasteiger partial charge in [-0.25, -0.2) is 0 Å². The van der Waals surface area contributed by atoms with Crippen molar-refractivity contribution in [3.63, 3.8) is 0 Å². The maximum absolute atomic E-state index is 11.9. The molecular formula is C18H19NO5. The number of nitro benzene ring substituents is 1. The monoisotopic (exact) mass is 329 g/mol. The number of methoxy groups -OCH3 is 1. The number of carbonyl (C=O) groups is 1. The molecule has 126 valence electrons. The smallest absolute Gasteiger partial charge is 0.315 e. The van der Waals surface area contributed by atoms with Crippen molar-refractivity contribution in [3.8, 4) is 5.75 Å². The third-order valence-electron chi connectivity index (χ3n) is 3.81. The van der Waals surface area contributed by atoms with Crippen LogP contribution in [0.4, 0.5) is 5.69 Å². The Balaban J connectivity index is 2.30. The molecule has 6 heteroatoms. The molecule has 0 aliphatic rings. The fraction of sp³-hybridized carbons (Fsp3) is 0.278. The minimum absolute atomic E-state index is 0.160. The second-order valence-corrected chi connectivity index (χ2v) is 5.83. The molecule has 24 heavy (non-hydrogen) atoms. The zero-order valence-electron chi connectivity index (χ0n) is 13.8. The highest BCUT2D eigenvalue weighted by molar-refractivity contribution is 5.82.